The van der Waals surface area contributed by atoms with Crippen molar-refractivity contribution in [3.05, 3.63) is 42.1 Å². The first kappa shape index (κ1) is 22.6. The van der Waals surface area contributed by atoms with Crippen LogP contribution in [0.15, 0.2) is 36.5 Å². The maximum atomic E-state index is 12.4. The molecule has 2 aromatic heterocycles. The summed E-state index contributed by atoms with van der Waals surface area (Å²) in [4.78, 5) is 19.3. The van der Waals surface area contributed by atoms with Crippen molar-refractivity contribution in [2.75, 3.05) is 50.5 Å². The molecule has 0 radical (unpaired) electrons. The predicted molar refractivity (Wildman–Crippen MR) is 131 cm³/mol. The molecule has 1 spiro atoms. The molecule has 2 aliphatic heterocycles. The number of hydrogen-bond donors (Lipinski definition) is 2. The molecule has 4 heterocycles. The van der Waals surface area contributed by atoms with Crippen molar-refractivity contribution in [1.29, 1.82) is 0 Å². The van der Waals surface area contributed by atoms with Crippen LogP contribution in [-0.4, -0.2) is 65.3 Å². The van der Waals surface area contributed by atoms with Crippen LogP contribution in [-0.2, 0) is 9.53 Å². The number of carbonyl (C=O) groups excluding carboxylic acids is 1. The highest BCUT2D eigenvalue weighted by atomic mass is 16.5. The second kappa shape index (κ2) is 9.60. The van der Waals surface area contributed by atoms with E-state index in [0.29, 0.717) is 34.9 Å². The third-order valence-corrected chi connectivity index (χ3v) is 6.88. The first-order valence-corrected chi connectivity index (χ1v) is 11.9. The summed E-state index contributed by atoms with van der Waals surface area (Å²) in [6.45, 7) is 7.04. The van der Waals surface area contributed by atoms with Crippen molar-refractivity contribution in [1.82, 2.24) is 19.5 Å². The van der Waals surface area contributed by atoms with E-state index >= 15 is 0 Å². The summed E-state index contributed by atoms with van der Waals surface area (Å²) in [6.07, 6.45) is 5.43. The normalized spacial score (nSPS) is 17.5. The van der Waals surface area contributed by atoms with E-state index in [1.54, 1.807) is 16.8 Å². The number of amides is 1. The Balaban J connectivity index is 1.12. The van der Waals surface area contributed by atoms with Gasteiger partial charge in [0.2, 0.25) is 11.8 Å². The predicted octanol–water partition coefficient (Wildman–Crippen LogP) is 3.70. The van der Waals surface area contributed by atoms with Gasteiger partial charge < -0.3 is 25.0 Å². The molecule has 0 aliphatic carbocycles. The fraction of sp³-hybridized carbons (Fsp3) is 0.480. The van der Waals surface area contributed by atoms with Gasteiger partial charge in [-0.05, 0) is 63.5 Å². The maximum Gasteiger partial charge on any atom is 0.237 e. The highest BCUT2D eigenvalue weighted by Crippen LogP contribution is 2.38. The average molecular weight is 465 g/mol. The Morgan fingerprint density at radius 1 is 1.21 bits per heavy atom. The molecule has 1 aromatic carbocycles. The summed E-state index contributed by atoms with van der Waals surface area (Å²) in [7, 11) is 1.88. The molecule has 2 N–H and O–H groups in total. The van der Waals surface area contributed by atoms with E-state index in [1.165, 1.54) is 12.8 Å². The number of nitrogens with zero attached hydrogens (tertiary/aromatic N) is 4. The van der Waals surface area contributed by atoms with Gasteiger partial charge in [0.1, 0.15) is 5.75 Å². The Hall–Kier alpha value is -3.17. The lowest BCUT2D eigenvalue weighted by Gasteiger charge is -2.47. The van der Waals surface area contributed by atoms with Gasteiger partial charge in [0, 0.05) is 36.7 Å². The van der Waals surface area contributed by atoms with Crippen LogP contribution in [0, 0.1) is 12.3 Å². The number of benzene rings is 1. The fourth-order valence-corrected chi connectivity index (χ4v) is 4.63. The van der Waals surface area contributed by atoms with Gasteiger partial charge in [-0.25, -0.2) is 9.50 Å². The minimum absolute atomic E-state index is 0.0278. The number of aryl methyl sites for hydroxylation is 1. The molecule has 1 amide bonds. The van der Waals surface area contributed by atoms with E-state index in [2.05, 4.69) is 25.6 Å². The molecule has 3 aromatic rings. The number of ether oxygens (including phenoxy) is 2. The lowest BCUT2D eigenvalue weighted by Crippen LogP contribution is -2.50. The molecular weight excluding hydrogens is 432 g/mol. The number of aromatic nitrogens is 3. The Labute approximate surface area is 199 Å². The van der Waals surface area contributed by atoms with Gasteiger partial charge in [0.25, 0.3) is 0 Å². The molecule has 180 valence electrons. The van der Waals surface area contributed by atoms with Gasteiger partial charge in [-0.15, -0.1) is 5.10 Å². The summed E-state index contributed by atoms with van der Waals surface area (Å²) in [5, 5.41) is 10.5. The highest BCUT2D eigenvalue weighted by Gasteiger charge is 2.40. The van der Waals surface area contributed by atoms with Crippen LogP contribution in [0.25, 0.3) is 5.65 Å². The summed E-state index contributed by atoms with van der Waals surface area (Å²) in [5.41, 5.74) is 3.24. The summed E-state index contributed by atoms with van der Waals surface area (Å²) < 4.78 is 12.9. The van der Waals surface area contributed by atoms with Gasteiger partial charge in [-0.1, -0.05) is 6.07 Å². The van der Waals surface area contributed by atoms with Crippen LogP contribution in [0.1, 0.15) is 31.2 Å². The maximum absolute atomic E-state index is 12.4. The SMILES string of the molecule is CNc1cc(Oc2ccc3nc(NC(=O)CCCN4CCC5(CC4)COC5)cn3n2)ccc1C. The van der Waals surface area contributed by atoms with Crippen molar-refractivity contribution in [3.63, 3.8) is 0 Å². The van der Waals surface area contributed by atoms with E-state index in [4.69, 9.17) is 9.47 Å². The minimum atomic E-state index is -0.0278. The average Bonchev–Trinajstić information content (AvgIpc) is 3.21. The molecular formula is C25H32N6O3. The number of rotatable bonds is 8. The second-order valence-electron chi connectivity index (χ2n) is 9.42. The minimum Gasteiger partial charge on any atom is -0.438 e. The fourth-order valence-electron chi connectivity index (χ4n) is 4.63. The number of nitrogens with one attached hydrogen (secondary N) is 2. The second-order valence-corrected chi connectivity index (χ2v) is 9.42. The number of piperidine rings is 1. The summed E-state index contributed by atoms with van der Waals surface area (Å²) >= 11 is 0. The highest BCUT2D eigenvalue weighted by molar-refractivity contribution is 5.89. The van der Waals surface area contributed by atoms with Crippen LogP contribution >= 0.6 is 0 Å². The first-order chi connectivity index (χ1) is 16.5. The quantitative estimate of drug-likeness (QED) is 0.525. The molecule has 0 atom stereocenters. The standard InChI is InChI=1S/C25H32N6O3/c1-18-5-6-19(14-20(18)26-2)34-24-8-7-22-27-21(15-31(22)29-24)28-23(32)4-3-11-30-12-9-25(10-13-30)16-33-17-25/h5-8,14-15,26H,3-4,9-13,16-17H2,1-2H3,(H,28,32). The molecule has 9 heteroatoms. The van der Waals surface area contributed by atoms with Crippen LogP contribution in [0.4, 0.5) is 11.5 Å². The van der Waals surface area contributed by atoms with Gasteiger partial charge in [-0.3, -0.25) is 4.79 Å². The molecule has 5 rings (SSSR count). The van der Waals surface area contributed by atoms with E-state index in [-0.39, 0.29) is 5.91 Å². The summed E-state index contributed by atoms with van der Waals surface area (Å²) in [5.74, 6) is 1.61. The number of imidazole rings is 1. The Bertz CT molecular complexity index is 1160. The lowest BCUT2D eigenvalue weighted by atomic mass is 9.77. The van der Waals surface area contributed by atoms with E-state index in [0.717, 1.165) is 50.5 Å². The monoisotopic (exact) mass is 464 g/mol. The van der Waals surface area contributed by atoms with Crippen molar-refractivity contribution < 1.29 is 14.3 Å². The van der Waals surface area contributed by atoms with Crippen LogP contribution in [0.2, 0.25) is 0 Å². The third kappa shape index (κ3) is 5.00. The third-order valence-electron chi connectivity index (χ3n) is 6.88. The Morgan fingerprint density at radius 2 is 2.03 bits per heavy atom. The Kier molecular flexibility index (Phi) is 6.38. The molecule has 0 bridgehead atoms. The molecule has 2 fully saturated rings. The van der Waals surface area contributed by atoms with Gasteiger partial charge in [0.05, 0.1) is 19.4 Å². The molecule has 2 saturated heterocycles. The molecule has 0 saturated carbocycles. The smallest absolute Gasteiger partial charge is 0.237 e. The van der Waals surface area contributed by atoms with E-state index < -0.39 is 0 Å². The number of fused-ring (bicyclic) bond motifs is 1. The lowest BCUT2D eigenvalue weighted by molar-refractivity contribution is -0.139. The van der Waals surface area contributed by atoms with Crippen LogP contribution < -0.4 is 15.4 Å². The van der Waals surface area contributed by atoms with Gasteiger partial charge in [-0.2, -0.15) is 0 Å². The van der Waals surface area contributed by atoms with E-state index in [1.807, 2.05) is 38.2 Å². The van der Waals surface area contributed by atoms with Crippen molar-refractivity contribution in [2.45, 2.75) is 32.6 Å². The topological polar surface area (TPSA) is 93.0 Å². The van der Waals surface area contributed by atoms with Gasteiger partial charge in [0.15, 0.2) is 11.5 Å². The van der Waals surface area contributed by atoms with Crippen LogP contribution in [0.3, 0.4) is 0 Å². The number of likely N-dealkylation sites (tertiary alicyclic amines) is 1. The molecule has 0 unspecified atom stereocenters. The van der Waals surface area contributed by atoms with E-state index in [9.17, 15) is 4.79 Å². The van der Waals surface area contributed by atoms with Gasteiger partial charge >= 0.3 is 0 Å². The van der Waals surface area contributed by atoms with Crippen molar-refractivity contribution >= 4 is 23.1 Å². The van der Waals surface area contributed by atoms with Crippen molar-refractivity contribution in [2.24, 2.45) is 5.41 Å². The van der Waals surface area contributed by atoms with Crippen LogP contribution in [0.5, 0.6) is 11.6 Å². The van der Waals surface area contributed by atoms with Crippen molar-refractivity contribution in [3.8, 4) is 11.6 Å². The number of anilines is 2. The summed E-state index contributed by atoms with van der Waals surface area (Å²) in [6, 6.07) is 9.43. The molecule has 34 heavy (non-hydrogen) atoms. The number of carbonyl (C=O) groups is 1. The zero-order valence-electron chi connectivity index (χ0n) is 19.8. The Morgan fingerprint density at radius 3 is 2.76 bits per heavy atom. The zero-order valence-corrected chi connectivity index (χ0v) is 19.8. The number of hydrogen-bond acceptors (Lipinski definition) is 7. The molecule has 9 nitrogen and oxygen atoms in total. The molecule has 2 aliphatic rings. The zero-order chi connectivity index (χ0) is 23.5. The first-order valence-electron chi connectivity index (χ1n) is 11.9. The largest absolute Gasteiger partial charge is 0.438 e.